The van der Waals surface area contributed by atoms with Gasteiger partial charge in [0.2, 0.25) is 0 Å². The Kier molecular flexibility index (Phi) is 6.89. The lowest BCUT2D eigenvalue weighted by molar-refractivity contribution is -0.146. The van der Waals surface area contributed by atoms with E-state index in [0.29, 0.717) is 11.1 Å². The SMILES string of the molecule is COC(=O)[C@H](Cc1ccc(C#N)cc1)NC(=O)[C@@H](OC)c1ccccc1. The third-order valence-electron chi connectivity index (χ3n) is 3.90. The first kappa shape index (κ1) is 19.2. The quantitative estimate of drug-likeness (QED) is 0.771. The number of nitrogens with zero attached hydrogens (tertiary/aromatic N) is 1. The second kappa shape index (κ2) is 9.35. The number of nitrogens with one attached hydrogen (secondary N) is 1. The van der Waals surface area contributed by atoms with Crippen molar-refractivity contribution < 1.29 is 19.1 Å². The van der Waals surface area contributed by atoms with E-state index in [1.165, 1.54) is 14.2 Å². The van der Waals surface area contributed by atoms with Gasteiger partial charge < -0.3 is 14.8 Å². The zero-order valence-corrected chi connectivity index (χ0v) is 14.6. The molecule has 1 amide bonds. The maximum absolute atomic E-state index is 12.6. The molecular formula is C20H20N2O4. The highest BCUT2D eigenvalue weighted by Crippen LogP contribution is 2.17. The second-order valence-electron chi connectivity index (χ2n) is 5.62. The molecule has 0 aromatic heterocycles. The van der Waals surface area contributed by atoms with E-state index >= 15 is 0 Å². The van der Waals surface area contributed by atoms with Gasteiger partial charge in [0, 0.05) is 13.5 Å². The molecule has 0 aliphatic heterocycles. The van der Waals surface area contributed by atoms with E-state index in [2.05, 4.69) is 5.32 Å². The lowest BCUT2D eigenvalue weighted by atomic mass is 10.0. The third-order valence-corrected chi connectivity index (χ3v) is 3.90. The van der Waals surface area contributed by atoms with Crippen molar-refractivity contribution in [2.45, 2.75) is 18.6 Å². The largest absolute Gasteiger partial charge is 0.467 e. The number of ether oxygens (including phenoxy) is 2. The Balaban J connectivity index is 2.14. The Morgan fingerprint density at radius 3 is 2.27 bits per heavy atom. The summed E-state index contributed by atoms with van der Waals surface area (Å²) >= 11 is 0. The Hall–Kier alpha value is -3.17. The summed E-state index contributed by atoms with van der Waals surface area (Å²) in [4.78, 5) is 24.7. The minimum Gasteiger partial charge on any atom is -0.467 e. The van der Waals surface area contributed by atoms with E-state index in [1.807, 2.05) is 24.3 Å². The number of amides is 1. The molecule has 6 nitrogen and oxygen atoms in total. The van der Waals surface area contributed by atoms with Gasteiger partial charge in [0.05, 0.1) is 18.7 Å². The highest BCUT2D eigenvalue weighted by Gasteiger charge is 2.27. The van der Waals surface area contributed by atoms with Crippen LogP contribution in [-0.4, -0.2) is 32.1 Å². The molecule has 0 fully saturated rings. The molecule has 2 atom stereocenters. The summed E-state index contributed by atoms with van der Waals surface area (Å²) in [6.45, 7) is 0. The fraction of sp³-hybridized carbons (Fsp3) is 0.250. The Morgan fingerprint density at radius 2 is 1.73 bits per heavy atom. The van der Waals surface area contributed by atoms with Gasteiger partial charge in [0.1, 0.15) is 6.04 Å². The van der Waals surface area contributed by atoms with Gasteiger partial charge in [0.25, 0.3) is 5.91 Å². The summed E-state index contributed by atoms with van der Waals surface area (Å²) in [6.07, 6.45) is -0.584. The van der Waals surface area contributed by atoms with Gasteiger partial charge in [-0.15, -0.1) is 0 Å². The van der Waals surface area contributed by atoms with Crippen LogP contribution in [0.25, 0.3) is 0 Å². The number of nitriles is 1. The Bertz CT molecular complexity index is 782. The van der Waals surface area contributed by atoms with Gasteiger partial charge in [-0.25, -0.2) is 4.79 Å². The molecule has 134 valence electrons. The van der Waals surface area contributed by atoms with Gasteiger partial charge in [-0.1, -0.05) is 42.5 Å². The minimum atomic E-state index is -0.859. The molecule has 26 heavy (non-hydrogen) atoms. The van der Waals surface area contributed by atoms with E-state index in [0.717, 1.165) is 5.56 Å². The van der Waals surface area contributed by atoms with E-state index in [-0.39, 0.29) is 6.42 Å². The van der Waals surface area contributed by atoms with Crippen LogP contribution in [0.1, 0.15) is 22.8 Å². The lowest BCUT2D eigenvalue weighted by Gasteiger charge is -2.21. The molecule has 0 heterocycles. The van der Waals surface area contributed by atoms with Crippen molar-refractivity contribution in [3.8, 4) is 6.07 Å². The molecule has 0 aliphatic carbocycles. The smallest absolute Gasteiger partial charge is 0.328 e. The molecule has 0 unspecified atom stereocenters. The molecule has 0 radical (unpaired) electrons. The number of methoxy groups -OCH3 is 2. The monoisotopic (exact) mass is 352 g/mol. The van der Waals surface area contributed by atoms with Gasteiger partial charge in [-0.05, 0) is 23.3 Å². The molecule has 2 aromatic carbocycles. The van der Waals surface area contributed by atoms with Crippen LogP contribution in [0.15, 0.2) is 54.6 Å². The minimum absolute atomic E-state index is 0.245. The van der Waals surface area contributed by atoms with Gasteiger partial charge >= 0.3 is 5.97 Å². The molecule has 0 saturated carbocycles. The summed E-state index contributed by atoms with van der Waals surface area (Å²) in [7, 11) is 2.70. The Morgan fingerprint density at radius 1 is 1.08 bits per heavy atom. The highest BCUT2D eigenvalue weighted by molar-refractivity contribution is 5.87. The first-order valence-corrected chi connectivity index (χ1v) is 8.04. The molecule has 0 saturated heterocycles. The first-order valence-electron chi connectivity index (χ1n) is 8.04. The zero-order valence-electron chi connectivity index (χ0n) is 14.6. The summed E-state index contributed by atoms with van der Waals surface area (Å²) < 4.78 is 10.1. The summed E-state index contributed by atoms with van der Waals surface area (Å²) in [5.41, 5.74) is 2.01. The number of hydrogen-bond donors (Lipinski definition) is 1. The number of hydrogen-bond acceptors (Lipinski definition) is 5. The van der Waals surface area contributed by atoms with Crippen molar-refractivity contribution in [3.63, 3.8) is 0 Å². The normalized spacial score (nSPS) is 12.5. The van der Waals surface area contributed by atoms with Gasteiger partial charge in [-0.3, -0.25) is 4.79 Å². The predicted molar refractivity (Wildman–Crippen MR) is 95.0 cm³/mol. The van der Waals surface area contributed by atoms with E-state index in [9.17, 15) is 9.59 Å². The summed E-state index contributed by atoms with van der Waals surface area (Å²) in [5.74, 6) is -0.978. The van der Waals surface area contributed by atoms with Crippen LogP contribution in [0.4, 0.5) is 0 Å². The van der Waals surface area contributed by atoms with Crippen molar-refractivity contribution >= 4 is 11.9 Å². The van der Waals surface area contributed by atoms with Crippen LogP contribution in [0, 0.1) is 11.3 Å². The second-order valence-corrected chi connectivity index (χ2v) is 5.62. The van der Waals surface area contributed by atoms with Crippen LogP contribution in [0.5, 0.6) is 0 Å². The van der Waals surface area contributed by atoms with E-state index in [1.54, 1.807) is 36.4 Å². The average Bonchev–Trinajstić information content (AvgIpc) is 2.68. The van der Waals surface area contributed by atoms with Gasteiger partial charge in [0.15, 0.2) is 6.10 Å². The van der Waals surface area contributed by atoms with E-state index in [4.69, 9.17) is 14.7 Å². The van der Waals surface area contributed by atoms with Crippen LogP contribution in [-0.2, 0) is 25.5 Å². The third kappa shape index (κ3) is 4.91. The molecule has 0 spiro atoms. The fourth-order valence-electron chi connectivity index (χ4n) is 2.56. The molecule has 2 rings (SSSR count). The maximum Gasteiger partial charge on any atom is 0.328 e. The highest BCUT2D eigenvalue weighted by atomic mass is 16.5. The molecule has 2 aromatic rings. The van der Waals surface area contributed by atoms with Crippen molar-refractivity contribution in [2.75, 3.05) is 14.2 Å². The average molecular weight is 352 g/mol. The number of carbonyl (C=O) groups excluding carboxylic acids is 2. The molecule has 1 N–H and O–H groups in total. The van der Waals surface area contributed by atoms with Crippen molar-refractivity contribution in [1.29, 1.82) is 5.26 Å². The zero-order chi connectivity index (χ0) is 18.9. The van der Waals surface area contributed by atoms with Crippen LogP contribution >= 0.6 is 0 Å². The topological polar surface area (TPSA) is 88.4 Å². The summed E-state index contributed by atoms with van der Waals surface area (Å²) in [5, 5.41) is 11.5. The van der Waals surface area contributed by atoms with Crippen LogP contribution < -0.4 is 5.32 Å². The molecule has 0 bridgehead atoms. The maximum atomic E-state index is 12.6. The fourth-order valence-corrected chi connectivity index (χ4v) is 2.56. The number of carbonyl (C=O) groups is 2. The van der Waals surface area contributed by atoms with Crippen molar-refractivity contribution in [1.82, 2.24) is 5.32 Å². The van der Waals surface area contributed by atoms with Crippen molar-refractivity contribution in [3.05, 3.63) is 71.3 Å². The standard InChI is InChI=1S/C20H20N2O4/c1-25-18(16-6-4-3-5-7-16)19(23)22-17(20(24)26-2)12-14-8-10-15(13-21)11-9-14/h3-11,17-18H,12H2,1-2H3,(H,22,23)/t17-,18-/m0/s1. The Labute approximate surface area is 152 Å². The summed E-state index contributed by atoms with van der Waals surface area (Å²) in [6, 6.07) is 17.0. The lowest BCUT2D eigenvalue weighted by Crippen LogP contribution is -2.45. The first-order chi connectivity index (χ1) is 12.6. The molecule has 6 heteroatoms. The van der Waals surface area contributed by atoms with Crippen LogP contribution in [0.3, 0.4) is 0 Å². The number of esters is 1. The number of benzene rings is 2. The van der Waals surface area contributed by atoms with E-state index < -0.39 is 24.0 Å². The molecule has 0 aliphatic rings. The predicted octanol–water partition coefficient (Wildman–Crippen LogP) is 2.15. The van der Waals surface area contributed by atoms with Crippen LogP contribution in [0.2, 0.25) is 0 Å². The van der Waals surface area contributed by atoms with Crippen molar-refractivity contribution in [2.24, 2.45) is 0 Å². The molecular weight excluding hydrogens is 332 g/mol. The van der Waals surface area contributed by atoms with Gasteiger partial charge in [-0.2, -0.15) is 5.26 Å². The number of rotatable bonds is 7.